The molecule has 2 aromatic carbocycles. The summed E-state index contributed by atoms with van der Waals surface area (Å²) in [4.78, 5) is 0. The molecular formula is C14H10BrF2N3. The number of benzene rings is 2. The van der Waals surface area contributed by atoms with Crippen molar-refractivity contribution in [1.29, 1.82) is 0 Å². The molecule has 0 spiro atoms. The maximum absolute atomic E-state index is 13.2. The van der Waals surface area contributed by atoms with Crippen molar-refractivity contribution in [2.75, 3.05) is 5.73 Å². The van der Waals surface area contributed by atoms with Gasteiger partial charge in [-0.05, 0) is 41.8 Å². The molecule has 0 saturated heterocycles. The topological polar surface area (TPSA) is 54.7 Å². The molecule has 0 bridgehead atoms. The highest BCUT2D eigenvalue weighted by Crippen LogP contribution is 2.28. The second kappa shape index (κ2) is 4.86. The third-order valence-electron chi connectivity index (χ3n) is 3.08. The summed E-state index contributed by atoms with van der Waals surface area (Å²) in [6.45, 7) is 0. The van der Waals surface area contributed by atoms with Gasteiger partial charge in [-0.25, -0.2) is 8.78 Å². The molecule has 0 amide bonds. The van der Waals surface area contributed by atoms with Crippen molar-refractivity contribution in [3.05, 3.63) is 57.6 Å². The van der Waals surface area contributed by atoms with E-state index in [2.05, 4.69) is 26.1 Å². The maximum atomic E-state index is 13.2. The number of nitrogens with two attached hydrogens (primary N) is 1. The molecule has 3 aromatic rings. The molecule has 6 heteroatoms. The van der Waals surface area contributed by atoms with Crippen molar-refractivity contribution in [2.45, 2.75) is 6.42 Å². The van der Waals surface area contributed by atoms with Gasteiger partial charge in [-0.2, -0.15) is 5.10 Å². The Kier molecular flexibility index (Phi) is 3.17. The Morgan fingerprint density at radius 2 is 1.80 bits per heavy atom. The molecule has 3 N–H and O–H groups in total. The van der Waals surface area contributed by atoms with Gasteiger partial charge in [-0.3, -0.25) is 5.10 Å². The monoisotopic (exact) mass is 337 g/mol. The Morgan fingerprint density at radius 1 is 1.10 bits per heavy atom. The van der Waals surface area contributed by atoms with Gasteiger partial charge in [0.15, 0.2) is 5.82 Å². The molecule has 3 nitrogen and oxygen atoms in total. The van der Waals surface area contributed by atoms with Gasteiger partial charge in [0.1, 0.15) is 11.6 Å². The lowest BCUT2D eigenvalue weighted by Gasteiger charge is -2.06. The van der Waals surface area contributed by atoms with Gasteiger partial charge >= 0.3 is 0 Å². The highest BCUT2D eigenvalue weighted by atomic mass is 79.9. The SMILES string of the molecule is Nc1n[nH]c2cc(Br)c(Cc3cc(F)cc(F)c3)cc12. The molecule has 0 fully saturated rings. The van der Waals surface area contributed by atoms with Gasteiger partial charge in [0.25, 0.3) is 0 Å². The van der Waals surface area contributed by atoms with E-state index in [1.807, 2.05) is 12.1 Å². The molecule has 0 aliphatic carbocycles. The minimum Gasteiger partial charge on any atom is -0.382 e. The summed E-state index contributed by atoms with van der Waals surface area (Å²) in [5.74, 6) is -0.765. The number of rotatable bonds is 2. The number of aromatic amines is 1. The summed E-state index contributed by atoms with van der Waals surface area (Å²) >= 11 is 3.45. The fourth-order valence-electron chi connectivity index (χ4n) is 2.17. The average Bonchev–Trinajstić information content (AvgIpc) is 2.70. The number of hydrogen-bond donors (Lipinski definition) is 2. The zero-order chi connectivity index (χ0) is 14.3. The number of halogens is 3. The summed E-state index contributed by atoms with van der Waals surface area (Å²) < 4.78 is 27.3. The first-order valence-electron chi connectivity index (χ1n) is 5.90. The molecule has 0 unspecified atom stereocenters. The van der Waals surface area contributed by atoms with Crippen LogP contribution in [0, 0.1) is 11.6 Å². The van der Waals surface area contributed by atoms with E-state index in [0.29, 0.717) is 17.8 Å². The van der Waals surface area contributed by atoms with E-state index in [0.717, 1.165) is 27.0 Å². The lowest BCUT2D eigenvalue weighted by atomic mass is 10.0. The third kappa shape index (κ3) is 2.38. The van der Waals surface area contributed by atoms with Crippen LogP contribution in [-0.4, -0.2) is 10.2 Å². The van der Waals surface area contributed by atoms with Gasteiger partial charge < -0.3 is 5.73 Å². The molecule has 3 rings (SSSR count). The number of anilines is 1. The zero-order valence-corrected chi connectivity index (χ0v) is 11.8. The smallest absolute Gasteiger partial charge is 0.153 e. The van der Waals surface area contributed by atoms with Crippen molar-refractivity contribution in [1.82, 2.24) is 10.2 Å². The number of hydrogen-bond acceptors (Lipinski definition) is 2. The van der Waals surface area contributed by atoms with Crippen molar-refractivity contribution in [2.24, 2.45) is 0 Å². The number of nitrogen functional groups attached to an aromatic ring is 1. The number of nitrogens with one attached hydrogen (secondary N) is 1. The van der Waals surface area contributed by atoms with E-state index >= 15 is 0 Å². The Bertz CT molecular complexity index is 778. The molecular weight excluding hydrogens is 328 g/mol. The summed E-state index contributed by atoms with van der Waals surface area (Å²) in [5, 5.41) is 7.53. The van der Waals surface area contributed by atoms with Crippen LogP contribution in [0.5, 0.6) is 0 Å². The minimum atomic E-state index is -0.583. The lowest BCUT2D eigenvalue weighted by Crippen LogP contribution is -1.93. The molecule has 0 atom stereocenters. The second-order valence-electron chi connectivity index (χ2n) is 4.55. The molecule has 0 aliphatic heterocycles. The summed E-state index contributed by atoms with van der Waals surface area (Å²) in [6.07, 6.45) is 0.399. The Hall–Kier alpha value is -1.95. The quantitative estimate of drug-likeness (QED) is 0.747. The van der Waals surface area contributed by atoms with E-state index in [-0.39, 0.29) is 0 Å². The van der Waals surface area contributed by atoms with Crippen molar-refractivity contribution in [3.63, 3.8) is 0 Å². The Morgan fingerprint density at radius 3 is 2.50 bits per heavy atom. The Balaban J connectivity index is 2.05. The summed E-state index contributed by atoms with van der Waals surface area (Å²) in [7, 11) is 0. The fourth-order valence-corrected chi connectivity index (χ4v) is 2.66. The van der Waals surface area contributed by atoms with Gasteiger partial charge in [-0.1, -0.05) is 15.9 Å². The highest BCUT2D eigenvalue weighted by molar-refractivity contribution is 9.10. The molecule has 0 radical (unpaired) electrons. The minimum absolute atomic E-state index is 0.399. The first-order chi connectivity index (χ1) is 9.52. The largest absolute Gasteiger partial charge is 0.382 e. The Labute approximate surface area is 121 Å². The summed E-state index contributed by atoms with van der Waals surface area (Å²) in [5.41, 5.74) is 8.01. The van der Waals surface area contributed by atoms with Crippen LogP contribution in [0.2, 0.25) is 0 Å². The van der Waals surface area contributed by atoms with Crippen LogP contribution in [-0.2, 0) is 6.42 Å². The van der Waals surface area contributed by atoms with E-state index in [4.69, 9.17) is 5.73 Å². The van der Waals surface area contributed by atoms with Crippen LogP contribution in [0.15, 0.2) is 34.8 Å². The van der Waals surface area contributed by atoms with Gasteiger partial charge in [0.2, 0.25) is 0 Å². The predicted molar refractivity (Wildman–Crippen MR) is 77.4 cm³/mol. The van der Waals surface area contributed by atoms with Crippen LogP contribution in [0.3, 0.4) is 0 Å². The highest BCUT2D eigenvalue weighted by Gasteiger charge is 2.09. The average molecular weight is 338 g/mol. The number of H-pyrrole nitrogens is 1. The second-order valence-corrected chi connectivity index (χ2v) is 5.41. The van der Waals surface area contributed by atoms with E-state index in [9.17, 15) is 8.78 Å². The molecule has 102 valence electrons. The first-order valence-corrected chi connectivity index (χ1v) is 6.69. The first kappa shape index (κ1) is 13.1. The van der Waals surface area contributed by atoms with Crippen molar-refractivity contribution in [3.8, 4) is 0 Å². The number of fused-ring (bicyclic) bond motifs is 1. The van der Waals surface area contributed by atoms with E-state index in [1.54, 1.807) is 0 Å². The maximum Gasteiger partial charge on any atom is 0.153 e. The van der Waals surface area contributed by atoms with E-state index in [1.165, 1.54) is 12.1 Å². The molecule has 0 aliphatic rings. The fraction of sp³-hybridized carbons (Fsp3) is 0.0714. The van der Waals surface area contributed by atoms with Crippen LogP contribution >= 0.6 is 15.9 Å². The van der Waals surface area contributed by atoms with Crippen molar-refractivity contribution >= 4 is 32.7 Å². The summed E-state index contributed by atoms with van der Waals surface area (Å²) in [6, 6.07) is 7.21. The third-order valence-corrected chi connectivity index (χ3v) is 3.81. The molecule has 1 aromatic heterocycles. The standard InChI is InChI=1S/C14H10BrF2N3/c15-12-6-13-11(14(18)20-19-13)4-8(12)1-7-2-9(16)5-10(17)3-7/h2-6H,1H2,(H3,18,19,20). The van der Waals surface area contributed by atoms with Crippen molar-refractivity contribution < 1.29 is 8.78 Å². The molecule has 1 heterocycles. The van der Waals surface area contributed by atoms with Crippen LogP contribution in [0.4, 0.5) is 14.6 Å². The predicted octanol–water partition coefficient (Wildman–Crippen LogP) is 3.78. The van der Waals surface area contributed by atoms with Gasteiger partial charge in [0.05, 0.1) is 5.52 Å². The van der Waals surface area contributed by atoms with Crippen LogP contribution in [0.1, 0.15) is 11.1 Å². The van der Waals surface area contributed by atoms with Gasteiger partial charge in [-0.15, -0.1) is 0 Å². The van der Waals surface area contributed by atoms with Crippen LogP contribution in [0.25, 0.3) is 10.9 Å². The lowest BCUT2D eigenvalue weighted by molar-refractivity contribution is 0.580. The van der Waals surface area contributed by atoms with Crippen LogP contribution < -0.4 is 5.73 Å². The molecule has 0 saturated carbocycles. The van der Waals surface area contributed by atoms with E-state index < -0.39 is 11.6 Å². The number of nitrogens with zero attached hydrogens (tertiary/aromatic N) is 1. The van der Waals surface area contributed by atoms with Gasteiger partial charge in [0, 0.05) is 15.9 Å². The normalized spacial score (nSPS) is 11.2. The number of aromatic nitrogens is 2. The zero-order valence-electron chi connectivity index (χ0n) is 10.3. The molecule has 20 heavy (non-hydrogen) atoms.